The Morgan fingerprint density at radius 2 is 2.28 bits per heavy atom. The van der Waals surface area contributed by atoms with Gasteiger partial charge >= 0.3 is 5.97 Å². The smallest absolute Gasteiger partial charge is 0.340 e. The van der Waals surface area contributed by atoms with E-state index in [0.29, 0.717) is 11.7 Å². The number of benzene rings is 1. The average molecular weight is 251 g/mol. The van der Waals surface area contributed by atoms with E-state index in [-0.39, 0.29) is 5.56 Å². The summed E-state index contributed by atoms with van der Waals surface area (Å²) in [6.45, 7) is 2.89. The van der Waals surface area contributed by atoms with E-state index in [1.54, 1.807) is 12.1 Å². The highest BCUT2D eigenvalue weighted by molar-refractivity contribution is 5.94. The third-order valence-corrected chi connectivity index (χ3v) is 3.61. The van der Waals surface area contributed by atoms with Crippen molar-refractivity contribution in [3.05, 3.63) is 29.6 Å². The van der Waals surface area contributed by atoms with Gasteiger partial charge in [0.1, 0.15) is 11.4 Å². The number of nitrogens with zero attached hydrogens (tertiary/aromatic N) is 1. The molecule has 4 heteroatoms. The van der Waals surface area contributed by atoms with E-state index in [4.69, 9.17) is 5.11 Å². The topological polar surface area (TPSA) is 40.5 Å². The molecule has 3 nitrogen and oxygen atoms in total. The van der Waals surface area contributed by atoms with Crippen LogP contribution in [0.1, 0.15) is 43.0 Å². The molecule has 0 aromatic heterocycles. The molecule has 1 fully saturated rings. The number of piperidine rings is 1. The number of hydrogen-bond donors (Lipinski definition) is 1. The summed E-state index contributed by atoms with van der Waals surface area (Å²) in [5.74, 6) is -1.84. The van der Waals surface area contributed by atoms with Crippen molar-refractivity contribution in [2.24, 2.45) is 0 Å². The molecule has 1 N–H and O–H groups in total. The molecule has 1 atom stereocenters. The maximum Gasteiger partial charge on any atom is 0.340 e. The highest BCUT2D eigenvalue weighted by Crippen LogP contribution is 2.30. The van der Waals surface area contributed by atoms with Crippen molar-refractivity contribution in [2.75, 3.05) is 11.4 Å². The first-order chi connectivity index (χ1) is 8.65. The van der Waals surface area contributed by atoms with Gasteiger partial charge in [-0.15, -0.1) is 0 Å². The second-order valence-corrected chi connectivity index (χ2v) is 4.69. The van der Waals surface area contributed by atoms with Crippen molar-refractivity contribution in [3.8, 4) is 0 Å². The summed E-state index contributed by atoms with van der Waals surface area (Å²) >= 11 is 0. The van der Waals surface area contributed by atoms with Gasteiger partial charge in [-0.05, 0) is 37.8 Å². The van der Waals surface area contributed by atoms with Crippen molar-refractivity contribution in [1.82, 2.24) is 0 Å². The number of hydrogen-bond acceptors (Lipinski definition) is 2. The fraction of sp³-hybridized carbons (Fsp3) is 0.500. The van der Waals surface area contributed by atoms with Gasteiger partial charge in [0.05, 0.1) is 5.69 Å². The lowest BCUT2D eigenvalue weighted by Crippen LogP contribution is -2.40. The first-order valence-corrected chi connectivity index (χ1v) is 6.43. The zero-order valence-corrected chi connectivity index (χ0v) is 10.5. The molecule has 1 unspecified atom stereocenters. The zero-order valence-electron chi connectivity index (χ0n) is 10.5. The minimum atomic E-state index is -1.19. The number of carbonyl (C=O) groups is 1. The summed E-state index contributed by atoms with van der Waals surface area (Å²) in [4.78, 5) is 13.3. The Morgan fingerprint density at radius 1 is 1.50 bits per heavy atom. The van der Waals surface area contributed by atoms with Gasteiger partial charge in [0, 0.05) is 12.6 Å². The van der Waals surface area contributed by atoms with Crippen molar-refractivity contribution >= 4 is 11.7 Å². The summed E-state index contributed by atoms with van der Waals surface area (Å²) in [5, 5.41) is 9.17. The van der Waals surface area contributed by atoms with Crippen LogP contribution in [0, 0.1) is 5.82 Å². The molecule has 1 aliphatic rings. The van der Waals surface area contributed by atoms with Crippen LogP contribution in [0.5, 0.6) is 0 Å². The quantitative estimate of drug-likeness (QED) is 0.896. The van der Waals surface area contributed by atoms with E-state index in [1.807, 2.05) is 0 Å². The van der Waals surface area contributed by atoms with E-state index in [0.717, 1.165) is 32.2 Å². The summed E-state index contributed by atoms with van der Waals surface area (Å²) in [6, 6.07) is 4.82. The Kier molecular flexibility index (Phi) is 3.84. The predicted molar refractivity (Wildman–Crippen MR) is 68.6 cm³/mol. The van der Waals surface area contributed by atoms with Gasteiger partial charge in [0.15, 0.2) is 0 Å². The molecule has 18 heavy (non-hydrogen) atoms. The Bertz CT molecular complexity index is 447. The standard InChI is InChI=1S/C14H18FNO2/c1-2-10-6-3-4-9-16(10)12-8-5-7-11(15)13(12)14(17)18/h5,7-8,10H,2-4,6,9H2,1H3,(H,17,18). The lowest BCUT2D eigenvalue weighted by Gasteiger charge is -2.37. The van der Waals surface area contributed by atoms with Crippen molar-refractivity contribution in [3.63, 3.8) is 0 Å². The normalized spacial score (nSPS) is 19.9. The third kappa shape index (κ3) is 2.33. The molecule has 1 saturated heterocycles. The van der Waals surface area contributed by atoms with Crippen LogP contribution in [-0.4, -0.2) is 23.7 Å². The lowest BCUT2D eigenvalue weighted by atomic mass is 9.98. The van der Waals surface area contributed by atoms with Crippen molar-refractivity contribution in [1.29, 1.82) is 0 Å². The number of anilines is 1. The Balaban J connectivity index is 2.42. The monoisotopic (exact) mass is 251 g/mol. The van der Waals surface area contributed by atoms with Crippen LogP contribution >= 0.6 is 0 Å². The van der Waals surface area contributed by atoms with Crippen LogP contribution in [-0.2, 0) is 0 Å². The fourth-order valence-electron chi connectivity index (χ4n) is 2.71. The van der Waals surface area contributed by atoms with E-state index in [1.165, 1.54) is 6.07 Å². The maximum atomic E-state index is 13.7. The van der Waals surface area contributed by atoms with Gasteiger partial charge in [-0.3, -0.25) is 0 Å². The lowest BCUT2D eigenvalue weighted by molar-refractivity contribution is 0.0692. The van der Waals surface area contributed by atoms with Crippen LogP contribution < -0.4 is 4.90 Å². The SMILES string of the molecule is CCC1CCCCN1c1cccc(F)c1C(=O)O. The van der Waals surface area contributed by atoms with Crippen LogP contribution in [0.4, 0.5) is 10.1 Å². The van der Waals surface area contributed by atoms with Gasteiger partial charge in [-0.2, -0.15) is 0 Å². The highest BCUT2D eigenvalue weighted by atomic mass is 19.1. The molecule has 0 radical (unpaired) electrons. The molecular formula is C14H18FNO2. The average Bonchev–Trinajstić information content (AvgIpc) is 2.38. The van der Waals surface area contributed by atoms with Crippen molar-refractivity contribution < 1.29 is 14.3 Å². The number of aromatic carboxylic acids is 1. The van der Waals surface area contributed by atoms with E-state index in [9.17, 15) is 9.18 Å². The second kappa shape index (κ2) is 5.38. The molecule has 1 heterocycles. The van der Waals surface area contributed by atoms with Gasteiger partial charge < -0.3 is 10.0 Å². The largest absolute Gasteiger partial charge is 0.478 e. The van der Waals surface area contributed by atoms with Crippen LogP contribution in [0.3, 0.4) is 0 Å². The molecular weight excluding hydrogens is 233 g/mol. The molecule has 98 valence electrons. The van der Waals surface area contributed by atoms with Crippen LogP contribution in [0.15, 0.2) is 18.2 Å². The van der Waals surface area contributed by atoms with E-state index in [2.05, 4.69) is 11.8 Å². The zero-order chi connectivity index (χ0) is 13.1. The molecule has 1 aliphatic heterocycles. The first-order valence-electron chi connectivity index (χ1n) is 6.43. The molecule has 0 spiro atoms. The van der Waals surface area contributed by atoms with Gasteiger partial charge in [0.2, 0.25) is 0 Å². The molecule has 0 bridgehead atoms. The number of halogens is 1. The van der Waals surface area contributed by atoms with Crippen molar-refractivity contribution in [2.45, 2.75) is 38.6 Å². The molecule has 1 aromatic rings. The minimum Gasteiger partial charge on any atom is -0.478 e. The fourth-order valence-corrected chi connectivity index (χ4v) is 2.71. The molecule has 1 aromatic carbocycles. The van der Waals surface area contributed by atoms with Gasteiger partial charge in [0.25, 0.3) is 0 Å². The second-order valence-electron chi connectivity index (χ2n) is 4.69. The van der Waals surface area contributed by atoms with Gasteiger partial charge in [-0.1, -0.05) is 13.0 Å². The minimum absolute atomic E-state index is 0.196. The summed E-state index contributed by atoms with van der Waals surface area (Å²) in [7, 11) is 0. The molecule has 0 amide bonds. The summed E-state index contributed by atoms with van der Waals surface area (Å²) in [5.41, 5.74) is 0.326. The molecule has 0 aliphatic carbocycles. The predicted octanol–water partition coefficient (Wildman–Crippen LogP) is 3.29. The first kappa shape index (κ1) is 12.9. The Hall–Kier alpha value is -1.58. The van der Waals surface area contributed by atoms with Gasteiger partial charge in [-0.25, -0.2) is 9.18 Å². The molecule has 0 saturated carbocycles. The number of rotatable bonds is 3. The maximum absolute atomic E-state index is 13.7. The van der Waals surface area contributed by atoms with E-state index >= 15 is 0 Å². The number of carboxylic acid groups (broad SMARTS) is 1. The third-order valence-electron chi connectivity index (χ3n) is 3.61. The van der Waals surface area contributed by atoms with Crippen LogP contribution in [0.2, 0.25) is 0 Å². The number of carboxylic acids is 1. The molecule has 2 rings (SSSR count). The Labute approximate surface area is 106 Å². The van der Waals surface area contributed by atoms with Crippen LogP contribution in [0.25, 0.3) is 0 Å². The Morgan fingerprint density at radius 3 is 2.94 bits per heavy atom. The van der Waals surface area contributed by atoms with E-state index < -0.39 is 11.8 Å². The summed E-state index contributed by atoms with van der Waals surface area (Å²) < 4.78 is 13.7. The highest BCUT2D eigenvalue weighted by Gasteiger charge is 2.26. The summed E-state index contributed by atoms with van der Waals surface area (Å²) in [6.07, 6.45) is 4.19.